The van der Waals surface area contributed by atoms with Crippen LogP contribution in [-0.4, -0.2) is 28.6 Å². The Hall–Kier alpha value is -2.93. The summed E-state index contributed by atoms with van der Waals surface area (Å²) >= 11 is 5.29. The Morgan fingerprint density at radius 3 is 2.42 bits per heavy atom. The van der Waals surface area contributed by atoms with Crippen LogP contribution in [0, 0.1) is 13.8 Å². The van der Waals surface area contributed by atoms with Crippen molar-refractivity contribution in [2.45, 2.75) is 52.0 Å². The second kappa shape index (κ2) is 8.67. The smallest absolute Gasteiger partial charge is 0.270 e. The molecule has 6 nitrogen and oxygen atoms in total. The van der Waals surface area contributed by atoms with E-state index >= 15 is 0 Å². The second-order valence-electron chi connectivity index (χ2n) is 8.14. The minimum atomic E-state index is -0.470. The lowest BCUT2D eigenvalue weighted by Crippen LogP contribution is -2.54. The van der Waals surface area contributed by atoms with E-state index in [0.29, 0.717) is 17.5 Å². The maximum Gasteiger partial charge on any atom is 0.270 e. The summed E-state index contributed by atoms with van der Waals surface area (Å²) < 4.78 is 7.55. The van der Waals surface area contributed by atoms with E-state index in [1.165, 1.54) is 37.0 Å². The number of hydrogen-bond acceptors (Lipinski definition) is 4. The molecule has 2 amide bonds. The predicted molar refractivity (Wildman–Crippen MR) is 125 cm³/mol. The predicted octanol–water partition coefficient (Wildman–Crippen LogP) is 4.45. The fraction of sp³-hybridized carbons (Fsp3) is 0.375. The quantitative estimate of drug-likeness (QED) is 0.436. The van der Waals surface area contributed by atoms with E-state index in [-0.39, 0.29) is 10.7 Å². The zero-order chi connectivity index (χ0) is 22.1. The van der Waals surface area contributed by atoms with Crippen LogP contribution in [0.2, 0.25) is 0 Å². The highest BCUT2D eigenvalue weighted by atomic mass is 32.1. The van der Waals surface area contributed by atoms with E-state index in [2.05, 4.69) is 29.8 Å². The molecular weight excluding hydrogens is 410 g/mol. The van der Waals surface area contributed by atoms with Gasteiger partial charge in [-0.25, -0.2) is 0 Å². The molecule has 162 valence electrons. The number of benzene rings is 1. The largest absolute Gasteiger partial charge is 0.497 e. The van der Waals surface area contributed by atoms with E-state index in [9.17, 15) is 9.59 Å². The Kier molecular flexibility index (Phi) is 5.96. The average molecular weight is 438 g/mol. The number of nitrogens with zero attached hydrogens (tertiary/aromatic N) is 2. The normalized spacial score (nSPS) is 19.1. The fourth-order valence-electron chi connectivity index (χ4n) is 4.63. The molecule has 1 aromatic heterocycles. The first-order valence-electron chi connectivity index (χ1n) is 10.6. The van der Waals surface area contributed by atoms with Gasteiger partial charge in [0.1, 0.15) is 11.3 Å². The van der Waals surface area contributed by atoms with Gasteiger partial charge in [-0.1, -0.05) is 19.3 Å². The second-order valence-corrected chi connectivity index (χ2v) is 8.53. The lowest BCUT2D eigenvalue weighted by molar-refractivity contribution is -0.122. The minimum absolute atomic E-state index is 0.0741. The molecule has 2 aromatic rings. The van der Waals surface area contributed by atoms with Gasteiger partial charge in [0.2, 0.25) is 0 Å². The number of ether oxygens (including phenoxy) is 1. The van der Waals surface area contributed by atoms with E-state index in [1.807, 2.05) is 0 Å². The summed E-state index contributed by atoms with van der Waals surface area (Å²) in [6.45, 7) is 4.15. The highest BCUT2D eigenvalue weighted by Gasteiger charge is 2.35. The summed E-state index contributed by atoms with van der Waals surface area (Å²) in [6, 6.07) is 9.54. The topological polar surface area (TPSA) is 63.6 Å². The van der Waals surface area contributed by atoms with Gasteiger partial charge in [-0.3, -0.25) is 19.8 Å². The van der Waals surface area contributed by atoms with Crippen LogP contribution in [0.3, 0.4) is 0 Å². The van der Waals surface area contributed by atoms with Gasteiger partial charge in [0.05, 0.1) is 12.8 Å². The molecule has 1 saturated carbocycles. The van der Waals surface area contributed by atoms with Crippen LogP contribution in [0.4, 0.5) is 5.69 Å². The number of methoxy groups -OCH3 is 1. The maximum atomic E-state index is 13.3. The molecule has 1 N–H and O–H groups in total. The molecule has 1 aliphatic heterocycles. The van der Waals surface area contributed by atoms with Crippen LogP contribution in [0.5, 0.6) is 5.75 Å². The number of nitrogens with one attached hydrogen (secondary N) is 1. The molecule has 0 bridgehead atoms. The van der Waals surface area contributed by atoms with Crippen molar-refractivity contribution in [3.8, 4) is 5.75 Å². The van der Waals surface area contributed by atoms with Crippen LogP contribution in [0.15, 0.2) is 35.9 Å². The number of carbonyl (C=O) groups is 2. The number of amides is 2. The van der Waals surface area contributed by atoms with Crippen molar-refractivity contribution in [2.75, 3.05) is 12.0 Å². The molecule has 2 aliphatic rings. The molecule has 1 saturated heterocycles. The van der Waals surface area contributed by atoms with E-state index in [0.717, 1.165) is 17.0 Å². The molecule has 4 rings (SSSR count). The summed E-state index contributed by atoms with van der Waals surface area (Å²) in [4.78, 5) is 27.3. The first-order chi connectivity index (χ1) is 14.9. The number of carbonyl (C=O) groups excluding carboxylic acids is 2. The lowest BCUT2D eigenvalue weighted by atomic mass is 9.95. The highest BCUT2D eigenvalue weighted by molar-refractivity contribution is 7.80. The zero-order valence-corrected chi connectivity index (χ0v) is 18.9. The van der Waals surface area contributed by atoms with Gasteiger partial charge < -0.3 is 9.30 Å². The molecule has 2 heterocycles. The number of aromatic nitrogens is 1. The van der Waals surface area contributed by atoms with E-state index < -0.39 is 11.8 Å². The summed E-state index contributed by atoms with van der Waals surface area (Å²) in [6.07, 6.45) is 7.82. The lowest BCUT2D eigenvalue weighted by Gasteiger charge is -2.29. The summed E-state index contributed by atoms with van der Waals surface area (Å²) in [5, 5.41) is 2.73. The van der Waals surface area contributed by atoms with E-state index in [4.69, 9.17) is 17.0 Å². The highest BCUT2D eigenvalue weighted by Crippen LogP contribution is 2.33. The van der Waals surface area contributed by atoms with Crippen LogP contribution in [0.1, 0.15) is 55.1 Å². The van der Waals surface area contributed by atoms with Crippen molar-refractivity contribution >= 4 is 40.9 Å². The van der Waals surface area contributed by atoms with E-state index in [1.54, 1.807) is 37.5 Å². The summed E-state index contributed by atoms with van der Waals surface area (Å²) in [5.41, 5.74) is 3.79. The standard InChI is InChI=1S/C24H27N3O3S/c1-15-13-17(16(2)26(15)18-7-5-4-6-8-18)14-21-22(28)25-24(31)27(23(21)29)19-9-11-20(30-3)12-10-19/h9-14,18H,4-8H2,1-3H3,(H,25,28,31)/b21-14-. The molecule has 1 aliphatic carbocycles. The van der Waals surface area contributed by atoms with Gasteiger partial charge in [-0.2, -0.15) is 0 Å². The van der Waals surface area contributed by atoms with Gasteiger partial charge in [0.15, 0.2) is 5.11 Å². The zero-order valence-electron chi connectivity index (χ0n) is 18.1. The molecule has 31 heavy (non-hydrogen) atoms. The van der Waals surface area contributed by atoms with Crippen molar-refractivity contribution in [1.29, 1.82) is 0 Å². The minimum Gasteiger partial charge on any atom is -0.497 e. The first-order valence-corrected chi connectivity index (χ1v) is 11.1. The molecule has 0 unspecified atom stereocenters. The Labute approximate surface area is 187 Å². The molecule has 2 fully saturated rings. The van der Waals surface area contributed by atoms with Crippen molar-refractivity contribution < 1.29 is 14.3 Å². The third-order valence-electron chi connectivity index (χ3n) is 6.20. The Balaban J connectivity index is 1.68. The van der Waals surface area contributed by atoms with Gasteiger partial charge in [0, 0.05) is 17.4 Å². The van der Waals surface area contributed by atoms with Crippen molar-refractivity contribution in [3.05, 3.63) is 52.9 Å². The number of anilines is 1. The molecule has 1 aromatic carbocycles. The Bertz CT molecular complexity index is 1060. The van der Waals surface area contributed by atoms with Crippen LogP contribution < -0.4 is 15.0 Å². The van der Waals surface area contributed by atoms with Crippen LogP contribution in [0.25, 0.3) is 6.08 Å². The van der Waals surface area contributed by atoms with Gasteiger partial charge in [-0.15, -0.1) is 0 Å². The van der Waals surface area contributed by atoms with Crippen LogP contribution >= 0.6 is 12.2 Å². The molecule has 0 radical (unpaired) electrons. The van der Waals surface area contributed by atoms with Crippen molar-refractivity contribution in [1.82, 2.24) is 9.88 Å². The van der Waals surface area contributed by atoms with Crippen molar-refractivity contribution in [2.24, 2.45) is 0 Å². The molecule has 0 spiro atoms. The molecular formula is C24H27N3O3S. The molecule has 7 heteroatoms. The monoisotopic (exact) mass is 437 g/mol. The fourth-order valence-corrected chi connectivity index (χ4v) is 4.91. The third-order valence-corrected chi connectivity index (χ3v) is 6.48. The summed E-state index contributed by atoms with van der Waals surface area (Å²) in [7, 11) is 1.58. The maximum absolute atomic E-state index is 13.3. The SMILES string of the molecule is COc1ccc(N2C(=O)/C(=C\c3cc(C)n(C4CCCCC4)c3C)C(=O)NC2=S)cc1. The van der Waals surface area contributed by atoms with Gasteiger partial charge in [-0.05, 0) is 80.9 Å². The summed E-state index contributed by atoms with van der Waals surface area (Å²) in [5.74, 6) is -0.224. The number of hydrogen-bond donors (Lipinski definition) is 1. The van der Waals surface area contributed by atoms with Gasteiger partial charge in [0.25, 0.3) is 11.8 Å². The Morgan fingerprint density at radius 1 is 1.10 bits per heavy atom. The molecule has 0 atom stereocenters. The number of rotatable bonds is 4. The number of aryl methyl sites for hydroxylation is 1. The third kappa shape index (κ3) is 4.02. The first kappa shape index (κ1) is 21.3. The van der Waals surface area contributed by atoms with Gasteiger partial charge >= 0.3 is 0 Å². The van der Waals surface area contributed by atoms with Crippen LogP contribution in [-0.2, 0) is 9.59 Å². The number of thiocarbonyl (C=S) groups is 1. The van der Waals surface area contributed by atoms with Crippen molar-refractivity contribution in [3.63, 3.8) is 0 Å². The Morgan fingerprint density at radius 2 is 1.77 bits per heavy atom. The average Bonchev–Trinajstić information content (AvgIpc) is 3.05.